The van der Waals surface area contributed by atoms with Gasteiger partial charge >= 0.3 is 12.0 Å². The third-order valence-electron chi connectivity index (χ3n) is 5.40. The van der Waals surface area contributed by atoms with Crippen LogP contribution < -0.4 is 4.74 Å². The smallest absolute Gasteiger partial charge is 0.329 e. The average Bonchev–Trinajstić information content (AvgIpc) is 3.35. The molecule has 0 unspecified atom stereocenters. The number of hydrogen-bond donors (Lipinski definition) is 1. The van der Waals surface area contributed by atoms with Crippen molar-refractivity contribution in [2.75, 3.05) is 13.7 Å². The largest absolute Gasteiger partial charge is 0.507 e. The number of hydrogen-bond acceptors (Lipinski definition) is 6. The molecule has 2 aromatic carbocycles. The number of benzene rings is 2. The SMILES string of the molecule is COCCC(=O)Oc1nnc(-c2cc(C(C)C)ccc2O)n1-c1ccc2c(ccn2C)c1. The van der Waals surface area contributed by atoms with E-state index in [0.29, 0.717) is 17.1 Å². The van der Waals surface area contributed by atoms with Gasteiger partial charge in [-0.2, -0.15) is 0 Å². The summed E-state index contributed by atoms with van der Waals surface area (Å²) >= 11 is 0. The van der Waals surface area contributed by atoms with Crippen LogP contribution in [0, 0.1) is 0 Å². The Hall–Kier alpha value is -3.65. The quantitative estimate of drug-likeness (QED) is 0.439. The lowest BCUT2D eigenvalue weighted by Crippen LogP contribution is -2.14. The Labute approximate surface area is 186 Å². The van der Waals surface area contributed by atoms with E-state index in [1.807, 2.05) is 54.2 Å². The molecule has 32 heavy (non-hydrogen) atoms. The summed E-state index contributed by atoms with van der Waals surface area (Å²) in [6.45, 7) is 4.40. The molecular formula is C24H26N4O4. The number of aromatic hydroxyl groups is 1. The number of methoxy groups -OCH3 is 1. The molecule has 0 aliphatic carbocycles. The topological polar surface area (TPSA) is 91.4 Å². The zero-order valence-corrected chi connectivity index (χ0v) is 18.6. The molecule has 0 aliphatic rings. The molecule has 2 heterocycles. The van der Waals surface area contributed by atoms with Gasteiger partial charge in [0.25, 0.3) is 0 Å². The van der Waals surface area contributed by atoms with E-state index in [-0.39, 0.29) is 30.7 Å². The lowest BCUT2D eigenvalue weighted by molar-refractivity contribution is -0.136. The summed E-state index contributed by atoms with van der Waals surface area (Å²) in [4.78, 5) is 12.3. The van der Waals surface area contributed by atoms with Crippen LogP contribution in [0.2, 0.25) is 0 Å². The molecule has 0 radical (unpaired) electrons. The minimum Gasteiger partial charge on any atom is -0.507 e. The highest BCUT2D eigenvalue weighted by atomic mass is 16.6. The van der Waals surface area contributed by atoms with Crippen molar-refractivity contribution in [2.45, 2.75) is 26.2 Å². The summed E-state index contributed by atoms with van der Waals surface area (Å²) in [6, 6.07) is 13.3. The Morgan fingerprint density at radius 2 is 1.94 bits per heavy atom. The second-order valence-electron chi connectivity index (χ2n) is 7.96. The van der Waals surface area contributed by atoms with Gasteiger partial charge in [-0.25, -0.2) is 4.57 Å². The highest BCUT2D eigenvalue weighted by molar-refractivity contribution is 5.83. The standard InChI is InChI=1S/C24H26N4O4/c1-15(2)16-5-8-21(29)19(14-16)23-25-26-24(32-22(30)10-12-31-4)28(23)18-6-7-20-17(13-18)9-11-27(20)3/h5-9,11,13-15,29H,10,12H2,1-4H3. The van der Waals surface area contributed by atoms with Gasteiger partial charge in [0.2, 0.25) is 0 Å². The summed E-state index contributed by atoms with van der Waals surface area (Å²) < 4.78 is 14.2. The van der Waals surface area contributed by atoms with Crippen LogP contribution in [0.1, 0.15) is 31.7 Å². The molecule has 0 bridgehead atoms. The number of nitrogens with zero attached hydrogens (tertiary/aromatic N) is 4. The summed E-state index contributed by atoms with van der Waals surface area (Å²) in [5.41, 5.74) is 3.33. The maximum atomic E-state index is 12.3. The fourth-order valence-electron chi connectivity index (χ4n) is 3.58. The fraction of sp³-hybridized carbons (Fsp3) is 0.292. The van der Waals surface area contributed by atoms with E-state index in [1.165, 1.54) is 7.11 Å². The molecule has 0 saturated heterocycles. The molecule has 8 heteroatoms. The molecule has 0 saturated carbocycles. The van der Waals surface area contributed by atoms with Crippen molar-refractivity contribution in [3.63, 3.8) is 0 Å². The molecule has 4 rings (SSSR count). The van der Waals surface area contributed by atoms with Gasteiger partial charge in [-0.15, -0.1) is 5.10 Å². The third kappa shape index (κ3) is 4.09. The van der Waals surface area contributed by atoms with Crippen molar-refractivity contribution in [2.24, 2.45) is 7.05 Å². The van der Waals surface area contributed by atoms with Crippen LogP contribution >= 0.6 is 0 Å². The molecule has 0 fully saturated rings. The number of rotatable bonds is 7. The molecule has 2 aromatic heterocycles. The predicted octanol–water partition coefficient (Wildman–Crippen LogP) is 4.20. The van der Waals surface area contributed by atoms with Gasteiger partial charge in [0.1, 0.15) is 5.75 Å². The van der Waals surface area contributed by atoms with E-state index in [2.05, 4.69) is 24.0 Å². The number of phenolic OH excluding ortho intramolecular Hbond substituents is 1. The first-order valence-electron chi connectivity index (χ1n) is 10.4. The molecule has 4 aromatic rings. The van der Waals surface area contributed by atoms with Crippen LogP contribution in [0.25, 0.3) is 28.0 Å². The summed E-state index contributed by atoms with van der Waals surface area (Å²) in [6.07, 6.45) is 2.07. The number of aryl methyl sites for hydroxylation is 1. The van der Waals surface area contributed by atoms with Crippen molar-refractivity contribution in [3.8, 4) is 28.8 Å². The third-order valence-corrected chi connectivity index (χ3v) is 5.40. The van der Waals surface area contributed by atoms with E-state index in [0.717, 1.165) is 16.5 Å². The van der Waals surface area contributed by atoms with E-state index in [9.17, 15) is 9.90 Å². The summed E-state index contributed by atoms with van der Waals surface area (Å²) in [5, 5.41) is 20.0. The number of esters is 1. The number of carbonyl (C=O) groups excluding carboxylic acids is 1. The Morgan fingerprint density at radius 3 is 2.69 bits per heavy atom. The minimum atomic E-state index is -0.479. The van der Waals surface area contributed by atoms with Crippen LogP contribution in [0.3, 0.4) is 0 Å². The minimum absolute atomic E-state index is 0.0331. The van der Waals surface area contributed by atoms with Crippen LogP contribution in [-0.2, 0) is 16.6 Å². The summed E-state index contributed by atoms with van der Waals surface area (Å²) in [5.74, 6) is 0.238. The van der Waals surface area contributed by atoms with Gasteiger partial charge in [-0.1, -0.05) is 25.0 Å². The van der Waals surface area contributed by atoms with E-state index >= 15 is 0 Å². The second-order valence-corrected chi connectivity index (χ2v) is 7.96. The highest BCUT2D eigenvalue weighted by Gasteiger charge is 2.22. The molecule has 0 atom stereocenters. The van der Waals surface area contributed by atoms with Crippen LogP contribution in [0.4, 0.5) is 0 Å². The molecule has 0 amide bonds. The number of fused-ring (bicyclic) bond motifs is 1. The number of phenols is 1. The predicted molar refractivity (Wildman–Crippen MR) is 121 cm³/mol. The zero-order chi connectivity index (χ0) is 22.8. The van der Waals surface area contributed by atoms with Crippen LogP contribution in [0.5, 0.6) is 11.8 Å². The number of aromatic nitrogens is 4. The highest BCUT2D eigenvalue weighted by Crippen LogP contribution is 2.35. The first kappa shape index (κ1) is 21.6. The maximum absolute atomic E-state index is 12.3. The second kappa shape index (κ2) is 8.84. The number of ether oxygens (including phenoxy) is 2. The molecule has 0 aliphatic heterocycles. The first-order chi connectivity index (χ1) is 15.4. The maximum Gasteiger partial charge on any atom is 0.329 e. The average molecular weight is 434 g/mol. The van der Waals surface area contributed by atoms with Crippen molar-refractivity contribution in [1.29, 1.82) is 0 Å². The van der Waals surface area contributed by atoms with Gasteiger partial charge in [0.05, 0.1) is 24.3 Å². The van der Waals surface area contributed by atoms with E-state index in [1.54, 1.807) is 10.6 Å². The normalized spacial score (nSPS) is 11.4. The summed E-state index contributed by atoms with van der Waals surface area (Å²) in [7, 11) is 3.50. The fourth-order valence-corrected chi connectivity index (χ4v) is 3.58. The zero-order valence-electron chi connectivity index (χ0n) is 18.6. The lowest BCUT2D eigenvalue weighted by atomic mass is 10.00. The van der Waals surface area contributed by atoms with Gasteiger partial charge < -0.3 is 19.1 Å². The van der Waals surface area contributed by atoms with Gasteiger partial charge in [-0.05, 0) is 47.9 Å². The van der Waals surface area contributed by atoms with Crippen molar-refractivity contribution in [3.05, 3.63) is 54.2 Å². The Morgan fingerprint density at radius 1 is 1.12 bits per heavy atom. The molecule has 166 valence electrons. The van der Waals surface area contributed by atoms with Gasteiger partial charge in [-0.3, -0.25) is 4.79 Å². The Kier molecular flexibility index (Phi) is 5.96. The van der Waals surface area contributed by atoms with Crippen molar-refractivity contribution in [1.82, 2.24) is 19.3 Å². The molecule has 0 spiro atoms. The monoisotopic (exact) mass is 434 g/mol. The Balaban J connectivity index is 1.87. The first-order valence-corrected chi connectivity index (χ1v) is 10.4. The Bertz CT molecular complexity index is 1270. The van der Waals surface area contributed by atoms with Crippen molar-refractivity contribution >= 4 is 16.9 Å². The molecule has 8 nitrogen and oxygen atoms in total. The van der Waals surface area contributed by atoms with Gasteiger partial charge in [0.15, 0.2) is 5.82 Å². The van der Waals surface area contributed by atoms with Crippen LogP contribution in [0.15, 0.2) is 48.7 Å². The lowest BCUT2D eigenvalue weighted by Gasteiger charge is -2.13. The van der Waals surface area contributed by atoms with E-state index in [4.69, 9.17) is 9.47 Å². The molecule has 1 N–H and O–H groups in total. The van der Waals surface area contributed by atoms with Crippen LogP contribution in [-0.4, -0.2) is 44.1 Å². The van der Waals surface area contributed by atoms with E-state index < -0.39 is 5.97 Å². The molecular weight excluding hydrogens is 408 g/mol. The number of carbonyl (C=O) groups is 1. The van der Waals surface area contributed by atoms with Crippen molar-refractivity contribution < 1.29 is 19.4 Å². The van der Waals surface area contributed by atoms with Gasteiger partial charge in [0, 0.05) is 31.3 Å².